The van der Waals surface area contributed by atoms with Gasteiger partial charge in [0.05, 0.1) is 32.7 Å². The molecule has 0 spiro atoms. The van der Waals surface area contributed by atoms with E-state index in [9.17, 15) is 19.2 Å². The van der Waals surface area contributed by atoms with E-state index in [4.69, 9.17) is 9.47 Å². The van der Waals surface area contributed by atoms with Gasteiger partial charge < -0.3 is 9.47 Å². The average Bonchev–Trinajstić information content (AvgIpc) is 3.20. The fraction of sp³-hybridized carbons (Fsp3) is 0.185. The molecule has 1 unspecified atom stereocenters. The number of carbonyl (C=O) groups is 4. The summed E-state index contributed by atoms with van der Waals surface area (Å²) in [7, 11) is 2.99. The van der Waals surface area contributed by atoms with Gasteiger partial charge in [0.15, 0.2) is 0 Å². The Morgan fingerprint density at radius 1 is 0.917 bits per heavy atom. The molecule has 1 fully saturated rings. The first-order valence-corrected chi connectivity index (χ1v) is 11.2. The Morgan fingerprint density at radius 3 is 2.28 bits per heavy atom. The molecular weight excluding hydrogens is 462 g/mol. The molecule has 0 aromatic heterocycles. The Bertz CT molecular complexity index is 1280. The van der Waals surface area contributed by atoms with Crippen molar-refractivity contribution in [3.63, 3.8) is 0 Å². The van der Waals surface area contributed by atoms with Crippen molar-refractivity contribution in [2.75, 3.05) is 19.1 Å². The molecule has 4 rings (SSSR count). The summed E-state index contributed by atoms with van der Waals surface area (Å²) in [6.07, 6.45) is -0.347. The first kappa shape index (κ1) is 24.5. The molecule has 1 atom stereocenters. The van der Waals surface area contributed by atoms with Crippen LogP contribution in [0.5, 0.6) is 11.5 Å². The third-order valence-corrected chi connectivity index (χ3v) is 5.79. The SMILES string of the molecule is COc1ccc(C(=O)NN(C(=O)Cc2ccccc2)C2CC(=O)N(c3cccc(OC)c3)C2=O)cc1. The van der Waals surface area contributed by atoms with E-state index in [0.29, 0.717) is 22.7 Å². The lowest BCUT2D eigenvalue weighted by Gasteiger charge is -2.28. The number of anilines is 1. The lowest BCUT2D eigenvalue weighted by Crippen LogP contribution is -2.55. The highest BCUT2D eigenvalue weighted by molar-refractivity contribution is 6.23. The van der Waals surface area contributed by atoms with Gasteiger partial charge in [-0.3, -0.25) is 24.6 Å². The summed E-state index contributed by atoms with van der Waals surface area (Å²) in [5.74, 6) is -1.20. The van der Waals surface area contributed by atoms with Gasteiger partial charge in [-0.1, -0.05) is 36.4 Å². The van der Waals surface area contributed by atoms with Crippen molar-refractivity contribution in [2.24, 2.45) is 0 Å². The molecule has 9 heteroatoms. The van der Waals surface area contributed by atoms with Gasteiger partial charge in [0.2, 0.25) is 11.8 Å². The third kappa shape index (κ3) is 5.20. The monoisotopic (exact) mass is 487 g/mol. The zero-order valence-corrected chi connectivity index (χ0v) is 19.8. The zero-order chi connectivity index (χ0) is 25.7. The molecule has 0 saturated carbocycles. The number of hydrogen-bond donors (Lipinski definition) is 1. The van der Waals surface area contributed by atoms with Crippen LogP contribution < -0.4 is 19.8 Å². The Morgan fingerprint density at radius 2 is 1.61 bits per heavy atom. The highest BCUT2D eigenvalue weighted by Crippen LogP contribution is 2.28. The van der Waals surface area contributed by atoms with Crippen LogP contribution in [0.1, 0.15) is 22.3 Å². The number of rotatable bonds is 7. The topological polar surface area (TPSA) is 105 Å². The lowest BCUT2D eigenvalue weighted by molar-refractivity contribution is -0.140. The summed E-state index contributed by atoms with van der Waals surface area (Å²) >= 11 is 0. The second-order valence-corrected chi connectivity index (χ2v) is 8.08. The van der Waals surface area contributed by atoms with Crippen molar-refractivity contribution in [2.45, 2.75) is 18.9 Å². The van der Waals surface area contributed by atoms with E-state index in [1.54, 1.807) is 60.7 Å². The lowest BCUT2D eigenvalue weighted by atomic mass is 10.1. The van der Waals surface area contributed by atoms with Gasteiger partial charge in [-0.05, 0) is 42.0 Å². The Hall–Kier alpha value is -4.66. The maximum Gasteiger partial charge on any atom is 0.269 e. The maximum absolute atomic E-state index is 13.4. The molecular formula is C27H25N3O6. The summed E-state index contributed by atoms with van der Waals surface area (Å²) in [5.41, 5.74) is 3.84. The highest BCUT2D eigenvalue weighted by atomic mass is 16.5. The largest absolute Gasteiger partial charge is 0.497 e. The van der Waals surface area contributed by atoms with Gasteiger partial charge in [0.25, 0.3) is 11.8 Å². The highest BCUT2D eigenvalue weighted by Gasteiger charge is 2.45. The van der Waals surface area contributed by atoms with Crippen LogP contribution in [0.25, 0.3) is 0 Å². The number of nitrogens with one attached hydrogen (secondary N) is 1. The quantitative estimate of drug-likeness (QED) is 0.406. The van der Waals surface area contributed by atoms with E-state index >= 15 is 0 Å². The molecule has 184 valence electrons. The van der Waals surface area contributed by atoms with Crippen molar-refractivity contribution in [3.05, 3.63) is 90.0 Å². The van der Waals surface area contributed by atoms with Crippen LogP contribution in [0.4, 0.5) is 5.69 Å². The number of carbonyl (C=O) groups excluding carboxylic acids is 4. The van der Waals surface area contributed by atoms with Crippen molar-refractivity contribution in [3.8, 4) is 11.5 Å². The number of hydrazine groups is 1. The van der Waals surface area contributed by atoms with Crippen molar-refractivity contribution in [1.82, 2.24) is 10.4 Å². The standard InChI is InChI=1S/C27H25N3O6/c1-35-21-13-11-19(12-14-21)26(33)28-30(25(32)15-18-7-4-3-5-8-18)23-17-24(31)29(27(23)34)20-9-6-10-22(16-20)36-2/h3-14,16,23H,15,17H2,1-2H3,(H,28,33). The molecule has 0 aliphatic carbocycles. The Kier molecular flexibility index (Phi) is 7.29. The van der Waals surface area contributed by atoms with Gasteiger partial charge in [0, 0.05) is 11.6 Å². The van der Waals surface area contributed by atoms with Crippen molar-refractivity contribution in [1.29, 1.82) is 0 Å². The fourth-order valence-electron chi connectivity index (χ4n) is 3.92. The molecule has 1 N–H and O–H groups in total. The maximum atomic E-state index is 13.4. The number of nitrogens with zero attached hydrogens (tertiary/aromatic N) is 2. The van der Waals surface area contributed by atoms with Gasteiger partial charge >= 0.3 is 0 Å². The second-order valence-electron chi connectivity index (χ2n) is 8.08. The smallest absolute Gasteiger partial charge is 0.269 e. The molecule has 1 aliphatic rings. The predicted molar refractivity (Wildman–Crippen MR) is 131 cm³/mol. The van der Waals surface area contributed by atoms with Crippen LogP contribution in [0, 0.1) is 0 Å². The fourth-order valence-corrected chi connectivity index (χ4v) is 3.92. The van der Waals surface area contributed by atoms with E-state index < -0.39 is 29.7 Å². The second kappa shape index (κ2) is 10.7. The third-order valence-electron chi connectivity index (χ3n) is 5.79. The summed E-state index contributed by atoms with van der Waals surface area (Å²) in [6.45, 7) is 0. The number of benzene rings is 3. The van der Waals surface area contributed by atoms with Crippen molar-refractivity contribution >= 4 is 29.3 Å². The average molecular weight is 488 g/mol. The summed E-state index contributed by atoms with van der Waals surface area (Å²) in [5, 5.41) is 0.972. The normalized spacial score (nSPS) is 14.9. The van der Waals surface area contributed by atoms with E-state index in [1.807, 2.05) is 6.07 Å². The molecule has 4 amide bonds. The molecule has 36 heavy (non-hydrogen) atoms. The Balaban J connectivity index is 1.62. The van der Waals surface area contributed by atoms with E-state index in [-0.39, 0.29) is 18.4 Å². The summed E-state index contributed by atoms with van der Waals surface area (Å²) < 4.78 is 10.3. The van der Waals surface area contributed by atoms with Crippen LogP contribution >= 0.6 is 0 Å². The first-order chi connectivity index (χ1) is 17.4. The minimum atomic E-state index is -1.21. The van der Waals surface area contributed by atoms with Gasteiger partial charge in [-0.25, -0.2) is 9.91 Å². The number of hydrogen-bond acceptors (Lipinski definition) is 6. The minimum absolute atomic E-state index is 0.0686. The van der Waals surface area contributed by atoms with E-state index in [2.05, 4.69) is 5.43 Å². The van der Waals surface area contributed by atoms with Crippen LogP contribution in [0.15, 0.2) is 78.9 Å². The van der Waals surface area contributed by atoms with Gasteiger partial charge in [0.1, 0.15) is 17.5 Å². The predicted octanol–water partition coefficient (Wildman–Crippen LogP) is 2.75. The zero-order valence-electron chi connectivity index (χ0n) is 19.8. The molecule has 1 aliphatic heterocycles. The molecule has 0 bridgehead atoms. The van der Waals surface area contributed by atoms with Crippen LogP contribution in [0.2, 0.25) is 0 Å². The van der Waals surface area contributed by atoms with Crippen LogP contribution in [-0.4, -0.2) is 48.9 Å². The number of ether oxygens (including phenoxy) is 2. The van der Waals surface area contributed by atoms with Gasteiger partial charge in [-0.2, -0.15) is 0 Å². The van der Waals surface area contributed by atoms with E-state index in [0.717, 1.165) is 9.91 Å². The number of amides is 4. The number of methoxy groups -OCH3 is 2. The summed E-state index contributed by atoms with van der Waals surface area (Å²) in [4.78, 5) is 53.7. The summed E-state index contributed by atoms with van der Waals surface area (Å²) in [6, 6.07) is 20.5. The Labute approximate surface area is 208 Å². The minimum Gasteiger partial charge on any atom is -0.497 e. The van der Waals surface area contributed by atoms with Crippen LogP contribution in [-0.2, 0) is 20.8 Å². The molecule has 1 saturated heterocycles. The number of imide groups is 1. The van der Waals surface area contributed by atoms with Crippen LogP contribution in [0.3, 0.4) is 0 Å². The van der Waals surface area contributed by atoms with Crippen molar-refractivity contribution < 1.29 is 28.7 Å². The molecule has 1 heterocycles. The molecule has 3 aromatic rings. The molecule has 9 nitrogen and oxygen atoms in total. The van der Waals surface area contributed by atoms with Gasteiger partial charge in [-0.15, -0.1) is 0 Å². The first-order valence-electron chi connectivity index (χ1n) is 11.2. The van der Waals surface area contributed by atoms with E-state index in [1.165, 1.54) is 26.4 Å². The molecule has 3 aromatic carbocycles. The molecule has 0 radical (unpaired) electrons.